The number of aliphatic imine (C=N–C) groups is 1. The normalized spacial score (nSPS) is 18.8. The lowest BCUT2D eigenvalue weighted by Gasteiger charge is -2.26. The number of guanidine groups is 1. The van der Waals surface area contributed by atoms with Crippen molar-refractivity contribution in [2.24, 2.45) is 10.8 Å². The van der Waals surface area contributed by atoms with Crippen LogP contribution in [0.2, 0.25) is 0 Å². The largest absolute Gasteiger partial charge is 0.374 e. The molecule has 0 aliphatic heterocycles. The molecule has 0 aromatic carbocycles. The molecule has 0 spiro atoms. The zero-order chi connectivity index (χ0) is 13.4. The molecule has 0 radical (unpaired) electrons. The number of hydrogen-bond donors (Lipinski definition) is 3. The molecule has 0 unspecified atom stereocenters. The van der Waals surface area contributed by atoms with Crippen LogP contribution in [0, 0.1) is 0 Å². The maximum atomic E-state index is 5.61. The number of hydrogen-bond acceptors (Lipinski definition) is 3. The highest BCUT2D eigenvalue weighted by Gasteiger charge is 2.18. The predicted molar refractivity (Wildman–Crippen MR) is 75.3 cm³/mol. The summed E-state index contributed by atoms with van der Waals surface area (Å²) in [4.78, 5) is 4.47. The summed E-state index contributed by atoms with van der Waals surface area (Å²) in [5.41, 5.74) is 2.40. The first kappa shape index (κ1) is 15.2. The van der Waals surface area contributed by atoms with Crippen LogP contribution in [0.5, 0.6) is 0 Å². The van der Waals surface area contributed by atoms with Gasteiger partial charge >= 0.3 is 0 Å². The summed E-state index contributed by atoms with van der Waals surface area (Å²) < 4.78 is 5.61. The van der Waals surface area contributed by atoms with Gasteiger partial charge in [-0.2, -0.15) is 0 Å². The second-order valence-electron chi connectivity index (χ2n) is 5.48. The van der Waals surface area contributed by atoms with Gasteiger partial charge in [0.1, 0.15) is 0 Å². The highest BCUT2D eigenvalue weighted by Crippen LogP contribution is 2.17. The van der Waals surface area contributed by atoms with Crippen molar-refractivity contribution < 1.29 is 4.74 Å². The van der Waals surface area contributed by atoms with E-state index in [0.717, 1.165) is 0 Å². The fourth-order valence-corrected chi connectivity index (χ4v) is 2.28. The van der Waals surface area contributed by atoms with Crippen LogP contribution in [-0.4, -0.2) is 30.8 Å². The molecule has 0 aromatic heterocycles. The number of ether oxygens (including phenoxy) is 1. The molecule has 5 heteroatoms. The zero-order valence-corrected chi connectivity index (χ0v) is 12.0. The molecule has 5 nitrogen and oxygen atoms in total. The predicted octanol–water partition coefficient (Wildman–Crippen LogP) is 1.54. The lowest BCUT2D eigenvalue weighted by atomic mass is 9.96. The third kappa shape index (κ3) is 5.69. The Labute approximate surface area is 111 Å². The van der Waals surface area contributed by atoms with E-state index in [0.29, 0.717) is 25.2 Å². The lowest BCUT2D eigenvalue weighted by Crippen LogP contribution is -2.47. The highest BCUT2D eigenvalue weighted by atomic mass is 16.5. The third-order valence-electron chi connectivity index (χ3n) is 3.24. The van der Waals surface area contributed by atoms with Gasteiger partial charge in [-0.25, -0.2) is 10.8 Å². The van der Waals surface area contributed by atoms with E-state index in [1.807, 2.05) is 20.8 Å². The molecular weight excluding hydrogens is 228 g/mol. The van der Waals surface area contributed by atoms with E-state index < -0.39 is 0 Å². The molecule has 1 aliphatic rings. The van der Waals surface area contributed by atoms with Crippen LogP contribution in [0.3, 0.4) is 0 Å². The Morgan fingerprint density at radius 3 is 2.56 bits per heavy atom. The Bertz CT molecular complexity index is 260. The van der Waals surface area contributed by atoms with Gasteiger partial charge in [0.25, 0.3) is 0 Å². The van der Waals surface area contributed by atoms with Crippen molar-refractivity contribution in [2.75, 3.05) is 13.2 Å². The summed E-state index contributed by atoms with van der Waals surface area (Å²) in [6, 6.07) is 0.503. The molecule has 0 heterocycles. The van der Waals surface area contributed by atoms with Crippen molar-refractivity contribution in [1.29, 1.82) is 0 Å². The Hall–Kier alpha value is -0.810. The van der Waals surface area contributed by atoms with Gasteiger partial charge in [0, 0.05) is 12.6 Å². The maximum Gasteiger partial charge on any atom is 0.206 e. The van der Waals surface area contributed by atoms with Gasteiger partial charge in [0.15, 0.2) is 0 Å². The summed E-state index contributed by atoms with van der Waals surface area (Å²) in [5, 5.41) is 3.38. The number of nitrogens with two attached hydrogens (primary N) is 1. The Morgan fingerprint density at radius 1 is 1.33 bits per heavy atom. The average molecular weight is 256 g/mol. The third-order valence-corrected chi connectivity index (χ3v) is 3.24. The molecule has 1 aliphatic carbocycles. The highest BCUT2D eigenvalue weighted by molar-refractivity contribution is 5.79. The molecular formula is C13H28N4O. The van der Waals surface area contributed by atoms with Crippen LogP contribution in [0.15, 0.2) is 4.99 Å². The molecule has 0 atom stereocenters. The van der Waals surface area contributed by atoms with E-state index in [1.54, 1.807) is 0 Å². The maximum absolute atomic E-state index is 5.61. The van der Waals surface area contributed by atoms with Crippen LogP contribution in [0.1, 0.15) is 52.9 Å². The average Bonchev–Trinajstić information content (AvgIpc) is 2.35. The topological polar surface area (TPSA) is 71.7 Å². The van der Waals surface area contributed by atoms with Crippen molar-refractivity contribution in [3.05, 3.63) is 0 Å². The van der Waals surface area contributed by atoms with Crippen LogP contribution < -0.4 is 16.6 Å². The summed E-state index contributed by atoms with van der Waals surface area (Å²) in [6.07, 6.45) is 6.34. The molecule has 4 N–H and O–H groups in total. The summed E-state index contributed by atoms with van der Waals surface area (Å²) in [7, 11) is 0. The molecule has 1 fully saturated rings. The Kier molecular flexibility index (Phi) is 6.43. The van der Waals surface area contributed by atoms with Crippen molar-refractivity contribution in [1.82, 2.24) is 10.7 Å². The quantitative estimate of drug-likeness (QED) is 0.302. The molecule has 0 bridgehead atoms. The van der Waals surface area contributed by atoms with E-state index in [-0.39, 0.29) is 5.60 Å². The first-order chi connectivity index (χ1) is 8.57. The zero-order valence-electron chi connectivity index (χ0n) is 12.0. The van der Waals surface area contributed by atoms with E-state index in [9.17, 15) is 0 Å². The van der Waals surface area contributed by atoms with Crippen LogP contribution in [0.25, 0.3) is 0 Å². The molecule has 0 amide bonds. The minimum Gasteiger partial charge on any atom is -0.374 e. The van der Waals surface area contributed by atoms with Gasteiger partial charge in [-0.15, -0.1) is 0 Å². The SMILES string of the molecule is CCOC(C)(C)CN=C(NN)NC1CCCCC1. The van der Waals surface area contributed by atoms with E-state index in [4.69, 9.17) is 10.6 Å². The molecule has 18 heavy (non-hydrogen) atoms. The fourth-order valence-electron chi connectivity index (χ4n) is 2.28. The second kappa shape index (κ2) is 7.59. The summed E-state index contributed by atoms with van der Waals surface area (Å²) >= 11 is 0. The molecule has 1 rings (SSSR count). The first-order valence-corrected chi connectivity index (χ1v) is 6.99. The number of nitrogens with zero attached hydrogens (tertiary/aromatic N) is 1. The van der Waals surface area contributed by atoms with Crippen LogP contribution in [0.4, 0.5) is 0 Å². The minimum absolute atomic E-state index is 0.245. The van der Waals surface area contributed by atoms with Gasteiger partial charge < -0.3 is 10.1 Å². The fraction of sp³-hybridized carbons (Fsp3) is 0.923. The lowest BCUT2D eigenvalue weighted by molar-refractivity contribution is -0.00220. The van der Waals surface area contributed by atoms with E-state index in [2.05, 4.69) is 15.7 Å². The van der Waals surface area contributed by atoms with Crippen LogP contribution in [-0.2, 0) is 4.74 Å². The van der Waals surface area contributed by atoms with E-state index >= 15 is 0 Å². The van der Waals surface area contributed by atoms with Gasteiger partial charge in [-0.3, -0.25) is 5.43 Å². The summed E-state index contributed by atoms with van der Waals surface area (Å²) in [5.74, 6) is 6.18. The van der Waals surface area contributed by atoms with Crippen LogP contribution >= 0.6 is 0 Å². The standard InChI is InChI=1S/C13H28N4O/c1-4-18-13(2,3)10-15-12(17-14)16-11-8-6-5-7-9-11/h11H,4-10,14H2,1-3H3,(H2,15,16,17). The Morgan fingerprint density at radius 2 is 2.00 bits per heavy atom. The van der Waals surface area contributed by atoms with Crippen molar-refractivity contribution in [2.45, 2.75) is 64.5 Å². The summed E-state index contributed by atoms with van der Waals surface area (Å²) in [6.45, 7) is 7.36. The first-order valence-electron chi connectivity index (χ1n) is 6.99. The number of rotatable bonds is 5. The molecule has 0 aromatic rings. The smallest absolute Gasteiger partial charge is 0.206 e. The van der Waals surface area contributed by atoms with Gasteiger partial charge in [-0.1, -0.05) is 19.3 Å². The number of hydrazine groups is 1. The molecule has 0 saturated heterocycles. The van der Waals surface area contributed by atoms with Gasteiger partial charge in [0.2, 0.25) is 5.96 Å². The van der Waals surface area contributed by atoms with E-state index in [1.165, 1.54) is 32.1 Å². The van der Waals surface area contributed by atoms with Crippen molar-refractivity contribution >= 4 is 5.96 Å². The van der Waals surface area contributed by atoms with Gasteiger partial charge in [-0.05, 0) is 33.6 Å². The monoisotopic (exact) mass is 256 g/mol. The van der Waals surface area contributed by atoms with Crippen molar-refractivity contribution in [3.63, 3.8) is 0 Å². The number of nitrogens with one attached hydrogen (secondary N) is 2. The molecule has 1 saturated carbocycles. The molecule has 106 valence electrons. The minimum atomic E-state index is -0.245. The second-order valence-corrected chi connectivity index (χ2v) is 5.48. The van der Waals surface area contributed by atoms with Crippen molar-refractivity contribution in [3.8, 4) is 0 Å². The Balaban J connectivity index is 2.43. The van der Waals surface area contributed by atoms with Gasteiger partial charge in [0.05, 0.1) is 12.1 Å².